The maximum atomic E-state index is 5.83. The minimum Gasteiger partial charge on any atom is -0.313 e. The molecule has 0 spiro atoms. The molecule has 15 heavy (non-hydrogen) atoms. The second-order valence-electron chi connectivity index (χ2n) is 3.93. The van der Waals surface area contributed by atoms with E-state index in [0.717, 1.165) is 16.8 Å². The van der Waals surface area contributed by atoms with E-state index >= 15 is 0 Å². The summed E-state index contributed by atoms with van der Waals surface area (Å²) in [4.78, 5) is 0. The molecular weight excluding hydrogens is 226 g/mol. The first-order valence-electron chi connectivity index (χ1n) is 5.40. The van der Waals surface area contributed by atoms with Crippen molar-refractivity contribution in [2.24, 2.45) is 0 Å². The first-order valence-corrected chi connectivity index (χ1v) is 6.93. The van der Waals surface area contributed by atoms with E-state index in [0.29, 0.717) is 0 Å². The molecule has 1 heterocycles. The molecule has 0 amide bonds. The minimum atomic E-state index is 0.738. The number of rotatable bonds is 4. The van der Waals surface area contributed by atoms with Gasteiger partial charge in [-0.1, -0.05) is 23.7 Å². The second-order valence-corrected chi connectivity index (χ2v) is 5.40. The fraction of sp³-hybridized carbons (Fsp3) is 0.500. The Morgan fingerprint density at radius 3 is 2.80 bits per heavy atom. The quantitative estimate of drug-likeness (QED) is 0.868. The molecule has 1 saturated heterocycles. The van der Waals surface area contributed by atoms with Crippen molar-refractivity contribution in [1.29, 1.82) is 0 Å². The van der Waals surface area contributed by atoms with E-state index in [1.54, 1.807) is 0 Å². The Bertz CT molecular complexity index is 293. The van der Waals surface area contributed by atoms with Gasteiger partial charge in [0.1, 0.15) is 0 Å². The lowest BCUT2D eigenvalue weighted by molar-refractivity contribution is 0.674. The molecule has 0 radical (unpaired) electrons. The van der Waals surface area contributed by atoms with Crippen molar-refractivity contribution in [2.75, 3.05) is 12.3 Å². The van der Waals surface area contributed by atoms with Crippen LogP contribution in [0.4, 0.5) is 0 Å². The predicted octanol–water partition coefficient (Wildman–Crippen LogP) is 3.33. The first kappa shape index (κ1) is 11.3. The molecule has 82 valence electrons. The van der Waals surface area contributed by atoms with E-state index in [4.69, 9.17) is 11.6 Å². The monoisotopic (exact) mass is 241 g/mol. The van der Waals surface area contributed by atoms with E-state index in [9.17, 15) is 0 Å². The summed E-state index contributed by atoms with van der Waals surface area (Å²) in [5.74, 6) is 2.32. The van der Waals surface area contributed by atoms with Crippen LogP contribution in [0.25, 0.3) is 0 Å². The third-order valence-electron chi connectivity index (χ3n) is 2.66. The van der Waals surface area contributed by atoms with Crippen LogP contribution >= 0.6 is 23.4 Å². The molecular formula is C12H16ClNS. The van der Waals surface area contributed by atoms with Gasteiger partial charge >= 0.3 is 0 Å². The molecule has 3 heteroatoms. The Labute approximate surface area is 101 Å². The Morgan fingerprint density at radius 1 is 1.33 bits per heavy atom. The normalized spacial score (nSPS) is 20.7. The molecule has 2 rings (SSSR count). The van der Waals surface area contributed by atoms with Crippen molar-refractivity contribution in [1.82, 2.24) is 5.32 Å². The maximum absolute atomic E-state index is 5.83. The average molecular weight is 242 g/mol. The first-order chi connectivity index (χ1) is 7.34. The number of thioether (sulfide) groups is 1. The lowest BCUT2D eigenvalue weighted by atomic mass is 10.2. The van der Waals surface area contributed by atoms with Crippen LogP contribution < -0.4 is 5.32 Å². The summed E-state index contributed by atoms with van der Waals surface area (Å²) in [6.45, 7) is 1.20. The maximum Gasteiger partial charge on any atom is 0.0406 e. The smallest absolute Gasteiger partial charge is 0.0406 e. The summed E-state index contributed by atoms with van der Waals surface area (Å²) in [5, 5.41) is 4.33. The number of halogens is 1. The highest BCUT2D eigenvalue weighted by Crippen LogP contribution is 2.18. The van der Waals surface area contributed by atoms with Crippen LogP contribution in [0.3, 0.4) is 0 Å². The van der Waals surface area contributed by atoms with Gasteiger partial charge in [-0.25, -0.2) is 0 Å². The van der Waals surface area contributed by atoms with E-state index in [2.05, 4.69) is 17.4 Å². The van der Waals surface area contributed by atoms with Crippen LogP contribution in [0.1, 0.15) is 18.4 Å². The topological polar surface area (TPSA) is 12.0 Å². The number of hydrogen-bond acceptors (Lipinski definition) is 2. The molecule has 1 aromatic carbocycles. The van der Waals surface area contributed by atoms with Gasteiger partial charge in [-0.05, 0) is 37.1 Å². The van der Waals surface area contributed by atoms with Crippen molar-refractivity contribution in [3.05, 3.63) is 34.9 Å². The van der Waals surface area contributed by atoms with Crippen molar-refractivity contribution >= 4 is 23.4 Å². The van der Waals surface area contributed by atoms with E-state index in [-0.39, 0.29) is 0 Å². The summed E-state index contributed by atoms with van der Waals surface area (Å²) in [7, 11) is 0. The fourth-order valence-electron chi connectivity index (χ4n) is 1.80. The van der Waals surface area contributed by atoms with Gasteiger partial charge in [-0.3, -0.25) is 0 Å². The molecule has 0 aliphatic carbocycles. The lowest BCUT2D eigenvalue weighted by Crippen LogP contribution is -2.23. The van der Waals surface area contributed by atoms with Gasteiger partial charge in [0.15, 0.2) is 0 Å². The predicted molar refractivity (Wildman–Crippen MR) is 68.6 cm³/mol. The number of hydrogen-bond donors (Lipinski definition) is 1. The van der Waals surface area contributed by atoms with E-state index in [1.165, 1.54) is 30.7 Å². The Morgan fingerprint density at radius 2 is 2.13 bits per heavy atom. The Hall–Kier alpha value is -0.180. The zero-order valence-corrected chi connectivity index (χ0v) is 10.3. The van der Waals surface area contributed by atoms with Crippen LogP contribution in [-0.4, -0.2) is 18.3 Å². The molecule has 1 unspecified atom stereocenters. The highest BCUT2D eigenvalue weighted by Gasteiger charge is 2.13. The Balaban J connectivity index is 1.71. The van der Waals surface area contributed by atoms with Gasteiger partial charge in [-0.15, -0.1) is 0 Å². The summed E-state index contributed by atoms with van der Waals surface area (Å²) in [6, 6.07) is 8.88. The largest absolute Gasteiger partial charge is 0.313 e. The molecule has 1 N–H and O–H groups in total. The van der Waals surface area contributed by atoms with E-state index < -0.39 is 0 Å². The third-order valence-corrected chi connectivity index (χ3v) is 4.09. The molecule has 0 aromatic heterocycles. The zero-order valence-electron chi connectivity index (χ0n) is 8.71. The summed E-state index contributed by atoms with van der Waals surface area (Å²) >= 11 is 7.84. The van der Waals surface area contributed by atoms with Gasteiger partial charge in [0, 0.05) is 22.6 Å². The van der Waals surface area contributed by atoms with Crippen LogP contribution in [0.2, 0.25) is 5.02 Å². The van der Waals surface area contributed by atoms with Crippen molar-refractivity contribution in [2.45, 2.75) is 24.6 Å². The molecule has 1 aliphatic heterocycles. The van der Waals surface area contributed by atoms with E-state index in [1.807, 2.05) is 23.9 Å². The van der Waals surface area contributed by atoms with Crippen molar-refractivity contribution in [3.63, 3.8) is 0 Å². The molecule has 0 saturated carbocycles. The van der Waals surface area contributed by atoms with Gasteiger partial charge in [0.25, 0.3) is 0 Å². The fourth-order valence-corrected chi connectivity index (χ4v) is 3.04. The molecule has 1 nitrogen and oxygen atoms in total. The third kappa shape index (κ3) is 3.71. The van der Waals surface area contributed by atoms with Crippen LogP contribution in [0.15, 0.2) is 24.3 Å². The van der Waals surface area contributed by atoms with Crippen molar-refractivity contribution in [3.8, 4) is 0 Å². The molecule has 1 aromatic rings. The van der Waals surface area contributed by atoms with Gasteiger partial charge in [0.2, 0.25) is 0 Å². The molecule has 1 fully saturated rings. The SMILES string of the molecule is Clc1ccc(CSCC2CCCN2)cc1. The second kappa shape index (κ2) is 5.78. The minimum absolute atomic E-state index is 0.738. The van der Waals surface area contributed by atoms with Gasteiger partial charge in [-0.2, -0.15) is 11.8 Å². The zero-order chi connectivity index (χ0) is 10.5. The average Bonchev–Trinajstić information content (AvgIpc) is 2.74. The van der Waals surface area contributed by atoms with Crippen LogP contribution in [0.5, 0.6) is 0 Å². The van der Waals surface area contributed by atoms with Crippen molar-refractivity contribution < 1.29 is 0 Å². The Kier molecular flexibility index (Phi) is 4.36. The highest BCUT2D eigenvalue weighted by molar-refractivity contribution is 7.98. The molecule has 1 atom stereocenters. The summed E-state index contributed by atoms with van der Waals surface area (Å²) in [6.07, 6.45) is 2.68. The molecule has 1 aliphatic rings. The van der Waals surface area contributed by atoms with Gasteiger partial charge in [0.05, 0.1) is 0 Å². The van der Waals surface area contributed by atoms with Crippen LogP contribution in [-0.2, 0) is 5.75 Å². The number of nitrogens with one attached hydrogen (secondary N) is 1. The lowest BCUT2D eigenvalue weighted by Gasteiger charge is -2.09. The highest BCUT2D eigenvalue weighted by atomic mass is 35.5. The van der Waals surface area contributed by atoms with Crippen LogP contribution in [0, 0.1) is 0 Å². The molecule has 0 bridgehead atoms. The standard InChI is InChI=1S/C12H16ClNS/c13-11-5-3-10(4-6-11)8-15-9-12-2-1-7-14-12/h3-6,12,14H,1-2,7-9H2. The van der Waals surface area contributed by atoms with Gasteiger partial charge < -0.3 is 5.32 Å². The number of benzene rings is 1. The summed E-state index contributed by atoms with van der Waals surface area (Å²) in [5.41, 5.74) is 1.36. The summed E-state index contributed by atoms with van der Waals surface area (Å²) < 4.78 is 0.